The van der Waals surface area contributed by atoms with Gasteiger partial charge in [-0.3, -0.25) is 0 Å². The molecule has 4 heteroatoms. The molecule has 0 saturated carbocycles. The molecule has 24 heavy (non-hydrogen) atoms. The smallest absolute Gasteiger partial charge is 0.504 e. The van der Waals surface area contributed by atoms with Crippen molar-refractivity contribution in [3.63, 3.8) is 0 Å². The van der Waals surface area contributed by atoms with E-state index in [2.05, 4.69) is 34.6 Å². The molecule has 0 saturated heterocycles. The topological polar surface area (TPSA) is 55.8 Å². The zero-order valence-electron chi connectivity index (χ0n) is 16.3. The number of hydrogen-bond acceptors (Lipinski definition) is 4. The standard InChI is InChI=1S/C20H32O4/c1-13(2)15(12-19(3,4)5)14-9-10-17(16(21)11-14)23-18(22)24-20(6,7)8/h9-11,13,15,21H,12H2,1-8H3. The third kappa shape index (κ3) is 6.81. The minimum atomic E-state index is -0.819. The van der Waals surface area contributed by atoms with Crippen molar-refractivity contribution in [1.82, 2.24) is 0 Å². The Labute approximate surface area is 146 Å². The lowest BCUT2D eigenvalue weighted by Gasteiger charge is -2.29. The summed E-state index contributed by atoms with van der Waals surface area (Å²) in [6.07, 6.45) is 0.191. The van der Waals surface area contributed by atoms with E-state index >= 15 is 0 Å². The van der Waals surface area contributed by atoms with Gasteiger partial charge in [0.25, 0.3) is 0 Å². The molecule has 1 unspecified atom stereocenters. The molecule has 0 spiro atoms. The molecule has 0 aliphatic carbocycles. The molecule has 136 valence electrons. The van der Waals surface area contributed by atoms with Crippen molar-refractivity contribution in [2.45, 2.75) is 73.3 Å². The number of phenols is 1. The van der Waals surface area contributed by atoms with Crippen molar-refractivity contribution >= 4 is 6.16 Å². The number of benzene rings is 1. The van der Waals surface area contributed by atoms with Gasteiger partial charge in [0.05, 0.1) is 0 Å². The van der Waals surface area contributed by atoms with E-state index in [1.807, 2.05) is 6.07 Å². The van der Waals surface area contributed by atoms with E-state index in [-0.39, 0.29) is 16.9 Å². The molecule has 0 heterocycles. The van der Waals surface area contributed by atoms with Gasteiger partial charge in [-0.15, -0.1) is 0 Å². The quantitative estimate of drug-likeness (QED) is 0.551. The summed E-state index contributed by atoms with van der Waals surface area (Å²) in [5, 5.41) is 10.2. The van der Waals surface area contributed by atoms with Crippen LogP contribution in [0.2, 0.25) is 0 Å². The van der Waals surface area contributed by atoms with Gasteiger partial charge in [-0.2, -0.15) is 0 Å². The summed E-state index contributed by atoms with van der Waals surface area (Å²) >= 11 is 0. The molecule has 0 amide bonds. The lowest BCUT2D eigenvalue weighted by molar-refractivity contribution is 0.0200. The van der Waals surface area contributed by atoms with Crippen molar-refractivity contribution < 1.29 is 19.4 Å². The van der Waals surface area contributed by atoms with E-state index in [1.54, 1.807) is 32.9 Å². The zero-order valence-corrected chi connectivity index (χ0v) is 16.3. The maximum Gasteiger partial charge on any atom is 0.514 e. The average Bonchev–Trinajstić information content (AvgIpc) is 2.35. The number of carbonyl (C=O) groups is 1. The summed E-state index contributed by atoms with van der Waals surface area (Å²) in [4.78, 5) is 11.7. The second-order valence-electron chi connectivity index (χ2n) is 8.91. The van der Waals surface area contributed by atoms with Crippen molar-refractivity contribution in [2.24, 2.45) is 11.3 Å². The van der Waals surface area contributed by atoms with Gasteiger partial charge < -0.3 is 14.6 Å². The minimum absolute atomic E-state index is 0.0436. The second-order valence-corrected chi connectivity index (χ2v) is 8.91. The first-order chi connectivity index (χ1) is 10.8. The first-order valence-corrected chi connectivity index (χ1v) is 8.52. The van der Waals surface area contributed by atoms with E-state index in [1.165, 1.54) is 0 Å². The van der Waals surface area contributed by atoms with Crippen LogP contribution < -0.4 is 4.74 Å². The molecule has 1 N–H and O–H groups in total. The molecular formula is C20H32O4. The Balaban J connectivity index is 2.95. The lowest BCUT2D eigenvalue weighted by atomic mass is 9.76. The Morgan fingerprint density at radius 1 is 1.12 bits per heavy atom. The maximum atomic E-state index is 11.7. The van der Waals surface area contributed by atoms with Crippen LogP contribution in [0.3, 0.4) is 0 Å². The number of carbonyl (C=O) groups excluding carboxylic acids is 1. The fraction of sp³-hybridized carbons (Fsp3) is 0.650. The molecule has 4 nitrogen and oxygen atoms in total. The monoisotopic (exact) mass is 336 g/mol. The SMILES string of the molecule is CC(C)C(CC(C)(C)C)c1ccc(OC(=O)OC(C)(C)C)c(O)c1. The van der Waals surface area contributed by atoms with E-state index in [0.717, 1.165) is 12.0 Å². The molecule has 1 aromatic carbocycles. The molecule has 0 radical (unpaired) electrons. The predicted octanol–water partition coefficient (Wildman–Crippen LogP) is 5.88. The van der Waals surface area contributed by atoms with Gasteiger partial charge in [0.15, 0.2) is 11.5 Å². The number of hydrogen-bond donors (Lipinski definition) is 1. The van der Waals surface area contributed by atoms with Crippen LogP contribution in [-0.2, 0) is 4.74 Å². The van der Waals surface area contributed by atoms with Crippen LogP contribution in [0.15, 0.2) is 18.2 Å². The molecule has 0 fully saturated rings. The number of phenolic OH excluding ortho intramolecular Hbond substituents is 1. The molecule has 0 aliphatic heterocycles. The van der Waals surface area contributed by atoms with E-state index in [4.69, 9.17) is 9.47 Å². The number of aromatic hydroxyl groups is 1. The van der Waals surface area contributed by atoms with Crippen LogP contribution in [0.4, 0.5) is 4.79 Å². The summed E-state index contributed by atoms with van der Waals surface area (Å²) in [6, 6.07) is 5.23. The summed E-state index contributed by atoms with van der Waals surface area (Å²) in [5.74, 6) is 0.844. The largest absolute Gasteiger partial charge is 0.514 e. The summed E-state index contributed by atoms with van der Waals surface area (Å²) in [5.41, 5.74) is 0.604. The number of rotatable bonds is 4. The second kappa shape index (κ2) is 7.45. The molecule has 0 aliphatic rings. The van der Waals surface area contributed by atoms with Crippen molar-refractivity contribution in [3.8, 4) is 11.5 Å². The lowest BCUT2D eigenvalue weighted by Crippen LogP contribution is -2.26. The highest BCUT2D eigenvalue weighted by molar-refractivity contribution is 5.65. The maximum absolute atomic E-state index is 11.7. The van der Waals surface area contributed by atoms with E-state index < -0.39 is 11.8 Å². The Morgan fingerprint density at radius 2 is 1.71 bits per heavy atom. The Hall–Kier alpha value is -1.71. The Kier molecular flexibility index (Phi) is 6.32. The predicted molar refractivity (Wildman–Crippen MR) is 96.6 cm³/mol. The highest BCUT2D eigenvalue weighted by Gasteiger charge is 2.25. The van der Waals surface area contributed by atoms with Crippen LogP contribution in [-0.4, -0.2) is 16.9 Å². The molecule has 1 rings (SSSR count). The zero-order chi connectivity index (χ0) is 18.7. The van der Waals surface area contributed by atoms with Gasteiger partial charge in [0, 0.05) is 0 Å². The van der Waals surface area contributed by atoms with Crippen molar-refractivity contribution in [1.29, 1.82) is 0 Å². The van der Waals surface area contributed by atoms with Gasteiger partial charge in [-0.1, -0.05) is 40.7 Å². The number of ether oxygens (including phenoxy) is 2. The van der Waals surface area contributed by atoms with Crippen LogP contribution in [0.25, 0.3) is 0 Å². The minimum Gasteiger partial charge on any atom is -0.504 e. The summed E-state index contributed by atoms with van der Waals surface area (Å²) < 4.78 is 10.2. The van der Waals surface area contributed by atoms with E-state index in [9.17, 15) is 9.90 Å². The normalized spacial score (nSPS) is 13.7. The van der Waals surface area contributed by atoms with Gasteiger partial charge in [-0.25, -0.2) is 4.79 Å². The van der Waals surface area contributed by atoms with Crippen LogP contribution in [0.5, 0.6) is 11.5 Å². The summed E-state index contributed by atoms with van der Waals surface area (Å²) in [6.45, 7) is 16.3. The molecule has 0 aromatic heterocycles. The molecule has 1 aromatic rings. The Morgan fingerprint density at radius 3 is 2.12 bits per heavy atom. The van der Waals surface area contributed by atoms with Gasteiger partial charge in [0.1, 0.15) is 5.60 Å². The van der Waals surface area contributed by atoms with Crippen LogP contribution in [0, 0.1) is 11.3 Å². The fourth-order valence-electron chi connectivity index (χ4n) is 2.61. The summed E-state index contributed by atoms with van der Waals surface area (Å²) in [7, 11) is 0. The fourth-order valence-corrected chi connectivity index (χ4v) is 2.61. The van der Waals surface area contributed by atoms with Crippen molar-refractivity contribution in [3.05, 3.63) is 23.8 Å². The van der Waals surface area contributed by atoms with Crippen LogP contribution >= 0.6 is 0 Å². The van der Waals surface area contributed by atoms with Gasteiger partial charge in [0.2, 0.25) is 0 Å². The third-order valence-corrected chi connectivity index (χ3v) is 3.63. The molecule has 1 atom stereocenters. The van der Waals surface area contributed by atoms with Gasteiger partial charge in [-0.05, 0) is 62.1 Å². The third-order valence-electron chi connectivity index (χ3n) is 3.63. The Bertz CT molecular complexity index is 562. The van der Waals surface area contributed by atoms with E-state index in [0.29, 0.717) is 11.8 Å². The highest BCUT2D eigenvalue weighted by atomic mass is 16.7. The first-order valence-electron chi connectivity index (χ1n) is 8.52. The first kappa shape index (κ1) is 20.3. The van der Waals surface area contributed by atoms with Gasteiger partial charge >= 0.3 is 6.16 Å². The highest BCUT2D eigenvalue weighted by Crippen LogP contribution is 2.39. The van der Waals surface area contributed by atoms with Crippen LogP contribution in [0.1, 0.15) is 73.3 Å². The average molecular weight is 336 g/mol. The molecular weight excluding hydrogens is 304 g/mol. The van der Waals surface area contributed by atoms with Crippen molar-refractivity contribution in [2.75, 3.05) is 0 Å². The molecule has 0 bridgehead atoms.